The molecule has 0 bridgehead atoms. The van der Waals surface area contributed by atoms with E-state index in [-0.39, 0.29) is 6.10 Å². The molecule has 0 spiro atoms. The Morgan fingerprint density at radius 1 is 0.833 bits per heavy atom. The van der Waals surface area contributed by atoms with Gasteiger partial charge in [0.05, 0.1) is 6.10 Å². The highest BCUT2D eigenvalue weighted by Gasteiger charge is 2.01. The number of para-hydroxylation sites is 1. The first-order chi connectivity index (χ1) is 8.78. The molecule has 1 atom stereocenters. The van der Waals surface area contributed by atoms with Gasteiger partial charge in [0.1, 0.15) is 17.2 Å². The van der Waals surface area contributed by atoms with Crippen LogP contribution in [0.4, 0.5) is 0 Å². The number of hydrogen-bond acceptors (Lipinski definition) is 2. The molecular weight excluding hydrogens is 224 g/mol. The van der Waals surface area contributed by atoms with Gasteiger partial charge in [0.25, 0.3) is 0 Å². The van der Waals surface area contributed by atoms with E-state index in [9.17, 15) is 0 Å². The first-order valence-electron chi connectivity index (χ1n) is 6.27. The summed E-state index contributed by atoms with van der Waals surface area (Å²) in [5.41, 5.74) is 0. The van der Waals surface area contributed by atoms with E-state index in [1.807, 2.05) is 54.6 Å². The number of ether oxygens (including phenoxy) is 2. The second-order valence-electron chi connectivity index (χ2n) is 4.22. The second-order valence-corrected chi connectivity index (χ2v) is 4.22. The molecule has 94 valence electrons. The van der Waals surface area contributed by atoms with Crippen LogP contribution in [0, 0.1) is 0 Å². The Bertz CT molecular complexity index is 462. The number of hydrogen-bond donors (Lipinski definition) is 0. The van der Waals surface area contributed by atoms with Crippen LogP contribution in [0.3, 0.4) is 0 Å². The molecule has 0 saturated carbocycles. The number of benzene rings is 2. The lowest BCUT2D eigenvalue weighted by Crippen LogP contribution is -2.09. The van der Waals surface area contributed by atoms with Gasteiger partial charge in [-0.3, -0.25) is 0 Å². The van der Waals surface area contributed by atoms with Crippen LogP contribution in [0.25, 0.3) is 0 Å². The van der Waals surface area contributed by atoms with Crippen molar-refractivity contribution in [3.63, 3.8) is 0 Å². The minimum Gasteiger partial charge on any atom is -0.491 e. The Morgan fingerprint density at radius 3 is 2.00 bits per heavy atom. The van der Waals surface area contributed by atoms with E-state index in [1.54, 1.807) is 0 Å². The van der Waals surface area contributed by atoms with E-state index >= 15 is 0 Å². The molecule has 2 rings (SSSR count). The molecule has 2 aromatic carbocycles. The summed E-state index contributed by atoms with van der Waals surface area (Å²) >= 11 is 0. The van der Waals surface area contributed by atoms with Crippen LogP contribution < -0.4 is 9.47 Å². The third-order valence-electron chi connectivity index (χ3n) is 2.71. The van der Waals surface area contributed by atoms with Gasteiger partial charge < -0.3 is 9.47 Å². The standard InChI is InChI=1S/C16H18O2/c1-3-13(2)17-15-9-11-16(12-10-15)18-14-7-5-4-6-8-14/h4-13H,3H2,1-2H3. The lowest BCUT2D eigenvalue weighted by molar-refractivity contribution is 0.217. The summed E-state index contributed by atoms with van der Waals surface area (Å²) in [4.78, 5) is 0. The largest absolute Gasteiger partial charge is 0.491 e. The van der Waals surface area contributed by atoms with E-state index in [0.717, 1.165) is 23.7 Å². The van der Waals surface area contributed by atoms with Gasteiger partial charge in [-0.15, -0.1) is 0 Å². The quantitative estimate of drug-likeness (QED) is 0.759. The molecule has 0 aliphatic carbocycles. The van der Waals surface area contributed by atoms with E-state index in [2.05, 4.69) is 13.8 Å². The van der Waals surface area contributed by atoms with Crippen LogP contribution in [0.1, 0.15) is 20.3 Å². The van der Waals surface area contributed by atoms with Crippen LogP contribution in [0.2, 0.25) is 0 Å². The predicted octanol–water partition coefficient (Wildman–Crippen LogP) is 4.66. The van der Waals surface area contributed by atoms with Gasteiger partial charge >= 0.3 is 0 Å². The molecule has 2 nitrogen and oxygen atoms in total. The zero-order chi connectivity index (χ0) is 12.8. The Morgan fingerprint density at radius 2 is 1.39 bits per heavy atom. The molecule has 0 N–H and O–H groups in total. The summed E-state index contributed by atoms with van der Waals surface area (Å²) in [7, 11) is 0. The maximum atomic E-state index is 5.71. The van der Waals surface area contributed by atoms with Crippen LogP contribution in [-0.4, -0.2) is 6.10 Å². The average Bonchev–Trinajstić information content (AvgIpc) is 2.42. The maximum Gasteiger partial charge on any atom is 0.127 e. The van der Waals surface area contributed by atoms with Gasteiger partial charge in [0.15, 0.2) is 0 Å². The Kier molecular flexibility index (Phi) is 4.24. The zero-order valence-corrected chi connectivity index (χ0v) is 10.8. The minimum absolute atomic E-state index is 0.242. The lowest BCUT2D eigenvalue weighted by atomic mass is 10.3. The topological polar surface area (TPSA) is 18.5 Å². The first-order valence-corrected chi connectivity index (χ1v) is 6.27. The van der Waals surface area contributed by atoms with Crippen LogP contribution in [0.15, 0.2) is 54.6 Å². The summed E-state index contributed by atoms with van der Waals surface area (Å²) in [5.74, 6) is 2.54. The van der Waals surface area contributed by atoms with Gasteiger partial charge in [0.2, 0.25) is 0 Å². The van der Waals surface area contributed by atoms with Crippen molar-refractivity contribution in [3.8, 4) is 17.2 Å². The van der Waals surface area contributed by atoms with Gasteiger partial charge in [-0.05, 0) is 49.7 Å². The normalized spacial score (nSPS) is 11.9. The van der Waals surface area contributed by atoms with E-state index in [4.69, 9.17) is 9.47 Å². The van der Waals surface area contributed by atoms with E-state index < -0.39 is 0 Å². The van der Waals surface area contributed by atoms with Crippen molar-refractivity contribution in [2.45, 2.75) is 26.4 Å². The molecule has 0 aliphatic heterocycles. The monoisotopic (exact) mass is 242 g/mol. The SMILES string of the molecule is CCC(C)Oc1ccc(Oc2ccccc2)cc1. The fraction of sp³-hybridized carbons (Fsp3) is 0.250. The van der Waals surface area contributed by atoms with Gasteiger partial charge in [-0.1, -0.05) is 25.1 Å². The summed E-state index contributed by atoms with van der Waals surface area (Å²) < 4.78 is 11.4. The molecule has 0 saturated heterocycles. The Labute approximate surface area is 108 Å². The first kappa shape index (κ1) is 12.5. The molecular formula is C16H18O2. The van der Waals surface area contributed by atoms with Crippen molar-refractivity contribution in [1.82, 2.24) is 0 Å². The molecule has 0 aliphatic rings. The minimum atomic E-state index is 0.242. The summed E-state index contributed by atoms with van der Waals surface area (Å²) in [6.07, 6.45) is 1.24. The highest BCUT2D eigenvalue weighted by atomic mass is 16.5. The van der Waals surface area contributed by atoms with Crippen molar-refractivity contribution >= 4 is 0 Å². The predicted molar refractivity (Wildman–Crippen MR) is 73.3 cm³/mol. The van der Waals surface area contributed by atoms with Crippen LogP contribution in [-0.2, 0) is 0 Å². The van der Waals surface area contributed by atoms with Gasteiger partial charge in [-0.2, -0.15) is 0 Å². The van der Waals surface area contributed by atoms with Gasteiger partial charge in [0, 0.05) is 0 Å². The smallest absolute Gasteiger partial charge is 0.127 e. The summed E-state index contributed by atoms with van der Waals surface area (Å²) in [5, 5.41) is 0. The van der Waals surface area contributed by atoms with Crippen molar-refractivity contribution in [2.24, 2.45) is 0 Å². The fourth-order valence-electron chi connectivity index (χ4n) is 1.53. The van der Waals surface area contributed by atoms with E-state index in [1.165, 1.54) is 0 Å². The molecule has 2 heteroatoms. The number of rotatable bonds is 5. The third kappa shape index (κ3) is 3.52. The Hall–Kier alpha value is -1.96. The summed E-state index contributed by atoms with van der Waals surface area (Å²) in [6, 6.07) is 17.5. The van der Waals surface area contributed by atoms with Crippen molar-refractivity contribution in [3.05, 3.63) is 54.6 Å². The average molecular weight is 242 g/mol. The Balaban J connectivity index is 2.00. The van der Waals surface area contributed by atoms with Crippen molar-refractivity contribution < 1.29 is 9.47 Å². The molecule has 0 amide bonds. The molecule has 0 aromatic heterocycles. The van der Waals surface area contributed by atoms with E-state index in [0.29, 0.717) is 0 Å². The van der Waals surface area contributed by atoms with Crippen LogP contribution in [0.5, 0.6) is 17.2 Å². The third-order valence-corrected chi connectivity index (χ3v) is 2.71. The fourth-order valence-corrected chi connectivity index (χ4v) is 1.53. The summed E-state index contributed by atoms with van der Waals surface area (Å²) in [6.45, 7) is 4.17. The van der Waals surface area contributed by atoms with Gasteiger partial charge in [-0.25, -0.2) is 0 Å². The lowest BCUT2D eigenvalue weighted by Gasteiger charge is -2.13. The molecule has 1 unspecified atom stereocenters. The van der Waals surface area contributed by atoms with Crippen molar-refractivity contribution in [1.29, 1.82) is 0 Å². The maximum absolute atomic E-state index is 5.71. The zero-order valence-electron chi connectivity index (χ0n) is 10.8. The van der Waals surface area contributed by atoms with Crippen molar-refractivity contribution in [2.75, 3.05) is 0 Å². The highest BCUT2D eigenvalue weighted by molar-refractivity contribution is 5.35. The second kappa shape index (κ2) is 6.10. The molecule has 0 fully saturated rings. The molecule has 0 radical (unpaired) electrons. The molecule has 18 heavy (non-hydrogen) atoms. The van der Waals surface area contributed by atoms with Crippen LogP contribution >= 0.6 is 0 Å². The molecule has 0 heterocycles. The highest BCUT2D eigenvalue weighted by Crippen LogP contribution is 2.24. The molecule has 2 aromatic rings.